The molecule has 0 spiro atoms. The monoisotopic (exact) mass is 289 g/mol. The molecule has 2 N–H and O–H groups in total. The number of hydrogen-bond acceptors (Lipinski definition) is 4. The van der Waals surface area contributed by atoms with E-state index in [4.69, 9.17) is 17.0 Å². The van der Waals surface area contributed by atoms with Crippen molar-refractivity contribution in [3.05, 3.63) is 0 Å². The molecule has 1 heterocycles. The zero-order valence-corrected chi connectivity index (χ0v) is 12.6. The molecule has 6 nitrogen and oxygen atoms in total. The maximum absolute atomic E-state index is 11.8. The Morgan fingerprint density at radius 2 is 1.84 bits per heavy atom. The van der Waals surface area contributed by atoms with E-state index in [1.54, 1.807) is 18.7 Å². The number of piperazine rings is 1. The van der Waals surface area contributed by atoms with E-state index in [2.05, 4.69) is 5.32 Å². The average molecular weight is 289 g/mol. The van der Waals surface area contributed by atoms with Crippen LogP contribution in [0.3, 0.4) is 0 Å². The Bertz CT molecular complexity index is 323. The van der Waals surface area contributed by atoms with E-state index in [1.165, 1.54) is 0 Å². The molecule has 0 atom stereocenters. The van der Waals surface area contributed by atoms with Crippen molar-refractivity contribution in [2.24, 2.45) is 0 Å². The first-order valence-corrected chi connectivity index (χ1v) is 6.91. The summed E-state index contributed by atoms with van der Waals surface area (Å²) in [5, 5.41) is 13.3. The van der Waals surface area contributed by atoms with Crippen LogP contribution in [0.4, 0.5) is 4.79 Å². The van der Waals surface area contributed by atoms with Crippen LogP contribution < -0.4 is 5.32 Å². The summed E-state index contributed by atoms with van der Waals surface area (Å²) < 4.78 is 5.06. The Morgan fingerprint density at radius 3 is 2.32 bits per heavy atom. The van der Waals surface area contributed by atoms with Gasteiger partial charge in [-0.1, -0.05) is 0 Å². The molecule has 0 aromatic carbocycles. The predicted molar refractivity (Wildman–Crippen MR) is 77.1 cm³/mol. The van der Waals surface area contributed by atoms with Crippen molar-refractivity contribution < 1.29 is 14.6 Å². The third-order valence-corrected chi connectivity index (χ3v) is 3.10. The molecule has 1 saturated heterocycles. The van der Waals surface area contributed by atoms with Gasteiger partial charge in [-0.05, 0) is 33.0 Å². The van der Waals surface area contributed by atoms with Crippen LogP contribution in [0.25, 0.3) is 0 Å². The summed E-state index contributed by atoms with van der Waals surface area (Å²) in [6.07, 6.45) is -0.379. The fourth-order valence-corrected chi connectivity index (χ4v) is 2.01. The lowest BCUT2D eigenvalue weighted by atomic mass is 10.2. The predicted octanol–water partition coefficient (Wildman–Crippen LogP) is 0.406. The first-order chi connectivity index (χ1) is 8.83. The van der Waals surface area contributed by atoms with Crippen LogP contribution in [0.15, 0.2) is 0 Å². The smallest absolute Gasteiger partial charge is 0.409 e. The molecule has 7 heteroatoms. The molecule has 1 rings (SSSR count). The summed E-state index contributed by atoms with van der Waals surface area (Å²) in [4.78, 5) is 15.4. The Labute approximate surface area is 119 Å². The van der Waals surface area contributed by atoms with Crippen molar-refractivity contribution in [1.29, 1.82) is 0 Å². The van der Waals surface area contributed by atoms with E-state index in [0.29, 0.717) is 26.2 Å². The van der Waals surface area contributed by atoms with Gasteiger partial charge < -0.3 is 25.0 Å². The molecule has 1 aliphatic rings. The number of rotatable bonds is 3. The SMILES string of the molecule is CCNC(=S)N1CCN(C(=O)OCC(C)(C)O)CC1. The van der Waals surface area contributed by atoms with Gasteiger partial charge in [-0.2, -0.15) is 0 Å². The van der Waals surface area contributed by atoms with Crippen LogP contribution in [-0.4, -0.2) is 71.0 Å². The minimum Gasteiger partial charge on any atom is -0.446 e. The second-order valence-electron chi connectivity index (χ2n) is 5.18. The highest BCUT2D eigenvalue weighted by Crippen LogP contribution is 2.07. The van der Waals surface area contributed by atoms with Crippen LogP contribution in [-0.2, 0) is 4.74 Å². The lowest BCUT2D eigenvalue weighted by Crippen LogP contribution is -2.53. The van der Waals surface area contributed by atoms with Gasteiger partial charge >= 0.3 is 6.09 Å². The lowest BCUT2D eigenvalue weighted by Gasteiger charge is -2.35. The molecule has 0 unspecified atom stereocenters. The standard InChI is InChI=1S/C12H23N3O3S/c1-4-13-10(19)14-5-7-15(8-6-14)11(16)18-9-12(2,3)17/h17H,4-9H2,1-3H3,(H,13,19). The van der Waals surface area contributed by atoms with E-state index >= 15 is 0 Å². The number of carbonyl (C=O) groups is 1. The highest BCUT2D eigenvalue weighted by atomic mass is 32.1. The van der Waals surface area contributed by atoms with Crippen molar-refractivity contribution in [1.82, 2.24) is 15.1 Å². The third-order valence-electron chi connectivity index (χ3n) is 2.70. The molecule has 0 aliphatic carbocycles. The van der Waals surface area contributed by atoms with Gasteiger partial charge in [0.15, 0.2) is 5.11 Å². The number of aliphatic hydroxyl groups is 1. The maximum atomic E-state index is 11.8. The van der Waals surface area contributed by atoms with Crippen molar-refractivity contribution in [2.75, 3.05) is 39.3 Å². The topological polar surface area (TPSA) is 65.0 Å². The van der Waals surface area contributed by atoms with Gasteiger partial charge in [0, 0.05) is 32.7 Å². The lowest BCUT2D eigenvalue weighted by molar-refractivity contribution is -0.00622. The number of amides is 1. The van der Waals surface area contributed by atoms with Gasteiger partial charge in [0.1, 0.15) is 6.61 Å². The molecule has 0 aromatic heterocycles. The molecule has 1 aliphatic heterocycles. The molecule has 1 fully saturated rings. The fraction of sp³-hybridized carbons (Fsp3) is 0.833. The van der Waals surface area contributed by atoms with Crippen LogP contribution in [0, 0.1) is 0 Å². The number of nitrogens with one attached hydrogen (secondary N) is 1. The van der Waals surface area contributed by atoms with Gasteiger partial charge in [0.2, 0.25) is 0 Å². The molecule has 0 radical (unpaired) electrons. The Morgan fingerprint density at radius 1 is 1.32 bits per heavy atom. The van der Waals surface area contributed by atoms with Gasteiger partial charge in [-0.3, -0.25) is 0 Å². The second-order valence-corrected chi connectivity index (χ2v) is 5.56. The summed E-state index contributed by atoms with van der Waals surface area (Å²) >= 11 is 5.22. The fourth-order valence-electron chi connectivity index (χ4n) is 1.68. The van der Waals surface area contributed by atoms with Crippen molar-refractivity contribution in [3.8, 4) is 0 Å². The number of thiocarbonyl (C=S) groups is 1. The maximum Gasteiger partial charge on any atom is 0.409 e. The van der Waals surface area contributed by atoms with Crippen LogP contribution >= 0.6 is 12.2 Å². The quantitative estimate of drug-likeness (QED) is 0.734. The van der Waals surface area contributed by atoms with Crippen LogP contribution in [0.1, 0.15) is 20.8 Å². The Balaban J connectivity index is 2.33. The van der Waals surface area contributed by atoms with Crippen LogP contribution in [0.5, 0.6) is 0 Å². The molecule has 19 heavy (non-hydrogen) atoms. The summed E-state index contributed by atoms with van der Waals surface area (Å²) in [7, 11) is 0. The van der Waals surface area contributed by atoms with E-state index in [9.17, 15) is 9.90 Å². The minimum absolute atomic E-state index is 0.00184. The average Bonchev–Trinajstić information content (AvgIpc) is 2.35. The molecular weight excluding hydrogens is 266 g/mol. The summed E-state index contributed by atoms with van der Waals surface area (Å²) in [6, 6.07) is 0. The van der Waals surface area contributed by atoms with E-state index in [1.807, 2.05) is 11.8 Å². The number of hydrogen-bond donors (Lipinski definition) is 2. The molecule has 110 valence electrons. The molecular formula is C12H23N3O3S. The van der Waals surface area contributed by atoms with Gasteiger partial charge in [-0.25, -0.2) is 4.79 Å². The van der Waals surface area contributed by atoms with E-state index < -0.39 is 5.60 Å². The number of carbonyl (C=O) groups excluding carboxylic acids is 1. The summed E-state index contributed by atoms with van der Waals surface area (Å²) in [5.74, 6) is 0. The largest absolute Gasteiger partial charge is 0.446 e. The normalized spacial score (nSPS) is 16.2. The van der Waals surface area contributed by atoms with Gasteiger partial charge in [0.25, 0.3) is 0 Å². The van der Waals surface area contributed by atoms with E-state index in [-0.39, 0.29) is 12.7 Å². The summed E-state index contributed by atoms with van der Waals surface area (Å²) in [5.41, 5.74) is -0.996. The van der Waals surface area contributed by atoms with Gasteiger partial charge in [0.05, 0.1) is 5.60 Å². The van der Waals surface area contributed by atoms with Gasteiger partial charge in [-0.15, -0.1) is 0 Å². The zero-order valence-electron chi connectivity index (χ0n) is 11.8. The molecule has 0 saturated carbocycles. The first kappa shape index (κ1) is 16.0. The highest BCUT2D eigenvalue weighted by molar-refractivity contribution is 7.80. The number of nitrogens with zero attached hydrogens (tertiary/aromatic N) is 2. The summed E-state index contributed by atoms with van der Waals surface area (Å²) in [6.45, 7) is 8.56. The Hall–Kier alpha value is -1.08. The van der Waals surface area contributed by atoms with Crippen molar-refractivity contribution in [2.45, 2.75) is 26.4 Å². The molecule has 0 aromatic rings. The minimum atomic E-state index is -0.996. The zero-order chi connectivity index (χ0) is 14.5. The third kappa shape index (κ3) is 5.61. The van der Waals surface area contributed by atoms with Crippen LogP contribution in [0.2, 0.25) is 0 Å². The van der Waals surface area contributed by atoms with E-state index in [0.717, 1.165) is 11.7 Å². The molecule has 1 amide bonds. The van der Waals surface area contributed by atoms with Crippen molar-refractivity contribution in [3.63, 3.8) is 0 Å². The first-order valence-electron chi connectivity index (χ1n) is 6.50. The number of ether oxygens (including phenoxy) is 1. The van der Waals surface area contributed by atoms with Crippen molar-refractivity contribution >= 4 is 23.4 Å². The Kier molecular flexibility index (Phi) is 5.81. The highest BCUT2D eigenvalue weighted by Gasteiger charge is 2.24. The molecule has 0 bridgehead atoms. The second kappa shape index (κ2) is 6.91.